The lowest BCUT2D eigenvalue weighted by molar-refractivity contribution is -0.120. The monoisotopic (exact) mass is 492 g/mol. The van der Waals surface area contributed by atoms with E-state index in [1.54, 1.807) is 6.20 Å². The van der Waals surface area contributed by atoms with E-state index in [0.29, 0.717) is 35.3 Å². The summed E-state index contributed by atoms with van der Waals surface area (Å²) in [6.07, 6.45) is 3.88. The Labute approximate surface area is 171 Å². The van der Waals surface area contributed by atoms with Crippen molar-refractivity contribution in [1.82, 2.24) is 9.97 Å². The maximum absolute atomic E-state index is 12.7. The Kier molecular flexibility index (Phi) is 7.46. The number of aromatic nitrogens is 2. The third-order valence-corrected chi connectivity index (χ3v) is 6.01. The molecule has 2 aromatic rings. The van der Waals surface area contributed by atoms with Crippen molar-refractivity contribution in [1.29, 1.82) is 0 Å². The fourth-order valence-electron chi connectivity index (χ4n) is 2.47. The zero-order chi connectivity index (χ0) is 18.6. The number of hydrogen-bond acceptors (Lipinski definition) is 4. The lowest BCUT2D eigenvalue weighted by Gasteiger charge is -2.19. The van der Waals surface area contributed by atoms with Gasteiger partial charge in [0.1, 0.15) is 16.7 Å². The molecular formula is C18H19Cl2IN2O2. The van der Waals surface area contributed by atoms with Gasteiger partial charge in [0.25, 0.3) is 0 Å². The van der Waals surface area contributed by atoms with Crippen LogP contribution >= 0.6 is 45.8 Å². The predicted octanol–water partition coefficient (Wildman–Crippen LogP) is 5.40. The van der Waals surface area contributed by atoms with E-state index in [2.05, 4.69) is 32.6 Å². The average Bonchev–Trinajstić information content (AvgIpc) is 2.60. The highest BCUT2D eigenvalue weighted by molar-refractivity contribution is 14.1. The van der Waals surface area contributed by atoms with E-state index in [0.717, 1.165) is 20.4 Å². The number of rotatable bonds is 7. The largest absolute Gasteiger partial charge is 0.492 e. The van der Waals surface area contributed by atoms with Crippen molar-refractivity contribution >= 4 is 51.6 Å². The van der Waals surface area contributed by atoms with Gasteiger partial charge in [-0.15, -0.1) is 0 Å². The zero-order valence-electron chi connectivity index (χ0n) is 14.3. The van der Waals surface area contributed by atoms with Crippen LogP contribution in [0.2, 0.25) is 10.2 Å². The molecule has 0 bridgehead atoms. The summed E-state index contributed by atoms with van der Waals surface area (Å²) in [5, 5.41) is 0.977. The summed E-state index contributed by atoms with van der Waals surface area (Å²) in [5.41, 5.74) is 2.41. The Morgan fingerprint density at radius 2 is 2.00 bits per heavy atom. The summed E-state index contributed by atoms with van der Waals surface area (Å²) in [6.45, 7) is 6.27. The lowest BCUT2D eigenvalue weighted by atomic mass is 9.92. The van der Waals surface area contributed by atoms with E-state index in [1.165, 1.54) is 6.20 Å². The van der Waals surface area contributed by atoms with Crippen LogP contribution in [0.4, 0.5) is 0 Å². The van der Waals surface area contributed by atoms with Crippen LogP contribution in [0, 0.1) is 10.5 Å². The van der Waals surface area contributed by atoms with Gasteiger partial charge in [-0.1, -0.05) is 30.1 Å². The number of aryl methyl sites for hydroxylation is 1. The molecule has 0 spiro atoms. The van der Waals surface area contributed by atoms with Crippen molar-refractivity contribution in [2.75, 3.05) is 6.61 Å². The van der Waals surface area contributed by atoms with Crippen molar-refractivity contribution in [3.8, 4) is 5.75 Å². The molecule has 1 aromatic carbocycles. The van der Waals surface area contributed by atoms with Crippen molar-refractivity contribution in [2.24, 2.45) is 0 Å². The minimum atomic E-state index is -0.330. The van der Waals surface area contributed by atoms with Crippen LogP contribution in [-0.2, 0) is 11.2 Å². The Morgan fingerprint density at radius 1 is 1.32 bits per heavy atom. The van der Waals surface area contributed by atoms with E-state index in [4.69, 9.17) is 27.9 Å². The summed E-state index contributed by atoms with van der Waals surface area (Å²) in [5.74, 6) is 0.491. The Morgan fingerprint density at radius 3 is 2.64 bits per heavy atom. The third kappa shape index (κ3) is 4.83. The molecule has 7 heteroatoms. The molecule has 4 nitrogen and oxygen atoms in total. The Hall–Kier alpha value is -0.920. The smallest absolute Gasteiger partial charge is 0.150 e. The lowest BCUT2D eigenvalue weighted by Crippen LogP contribution is -2.13. The molecule has 0 radical (unpaired) electrons. The topological polar surface area (TPSA) is 52.1 Å². The van der Waals surface area contributed by atoms with Crippen molar-refractivity contribution in [3.05, 3.63) is 49.0 Å². The van der Waals surface area contributed by atoms with E-state index in [-0.39, 0.29) is 11.7 Å². The van der Waals surface area contributed by atoms with Crippen LogP contribution in [0.15, 0.2) is 18.5 Å². The van der Waals surface area contributed by atoms with Crippen LogP contribution in [-0.4, -0.2) is 22.4 Å². The van der Waals surface area contributed by atoms with Gasteiger partial charge in [0.05, 0.1) is 15.9 Å². The highest BCUT2D eigenvalue weighted by Crippen LogP contribution is 2.38. The second kappa shape index (κ2) is 9.14. The first-order chi connectivity index (χ1) is 11.9. The molecule has 0 saturated heterocycles. The van der Waals surface area contributed by atoms with Crippen LogP contribution in [0.25, 0.3) is 0 Å². The quantitative estimate of drug-likeness (QED) is 0.485. The molecule has 0 saturated carbocycles. The van der Waals surface area contributed by atoms with Gasteiger partial charge < -0.3 is 4.74 Å². The number of carbonyl (C=O) groups is 1. The van der Waals surface area contributed by atoms with Crippen LogP contribution in [0.1, 0.15) is 43.0 Å². The maximum Gasteiger partial charge on any atom is 0.150 e. The minimum Gasteiger partial charge on any atom is -0.492 e. The molecule has 0 aliphatic heterocycles. The van der Waals surface area contributed by atoms with E-state index in [9.17, 15) is 4.79 Å². The van der Waals surface area contributed by atoms with Crippen LogP contribution in [0.5, 0.6) is 5.75 Å². The van der Waals surface area contributed by atoms with Crippen molar-refractivity contribution < 1.29 is 9.53 Å². The van der Waals surface area contributed by atoms with E-state index in [1.807, 2.05) is 26.8 Å². The summed E-state index contributed by atoms with van der Waals surface area (Å²) >= 11 is 14.5. The van der Waals surface area contributed by atoms with Gasteiger partial charge in [0.2, 0.25) is 0 Å². The van der Waals surface area contributed by atoms with Gasteiger partial charge in [-0.25, -0.2) is 4.98 Å². The number of ether oxygens (including phenoxy) is 1. The molecule has 134 valence electrons. The van der Waals surface area contributed by atoms with E-state index < -0.39 is 0 Å². The van der Waals surface area contributed by atoms with Crippen LogP contribution in [0.3, 0.4) is 0 Å². The SMILES string of the molecule is CCOc1c(C(C)C(=O)CCc2nccnc2Cl)cc(Cl)c(C)c1I. The number of carbonyl (C=O) groups excluding carboxylic acids is 1. The molecule has 0 aliphatic carbocycles. The molecule has 1 heterocycles. The predicted molar refractivity (Wildman–Crippen MR) is 109 cm³/mol. The summed E-state index contributed by atoms with van der Waals surface area (Å²) in [4.78, 5) is 20.9. The summed E-state index contributed by atoms with van der Waals surface area (Å²) < 4.78 is 6.74. The molecule has 1 atom stereocenters. The van der Waals surface area contributed by atoms with Gasteiger partial charge in [-0.3, -0.25) is 9.78 Å². The van der Waals surface area contributed by atoms with Gasteiger partial charge in [0, 0.05) is 35.3 Å². The maximum atomic E-state index is 12.7. The van der Waals surface area contributed by atoms with Gasteiger partial charge in [-0.05, 0) is 54.5 Å². The molecule has 1 unspecified atom stereocenters. The number of benzene rings is 1. The normalized spacial score (nSPS) is 12.1. The van der Waals surface area contributed by atoms with Crippen molar-refractivity contribution in [3.63, 3.8) is 0 Å². The van der Waals surface area contributed by atoms with E-state index >= 15 is 0 Å². The molecule has 1 aromatic heterocycles. The molecule has 2 rings (SSSR count). The zero-order valence-corrected chi connectivity index (χ0v) is 17.9. The first kappa shape index (κ1) is 20.4. The molecule has 25 heavy (non-hydrogen) atoms. The summed E-state index contributed by atoms with van der Waals surface area (Å²) in [7, 11) is 0. The minimum absolute atomic E-state index is 0.0818. The average molecular weight is 493 g/mol. The molecule has 0 aliphatic rings. The molecule has 0 amide bonds. The first-order valence-electron chi connectivity index (χ1n) is 7.96. The molecule has 0 N–H and O–H groups in total. The van der Waals surface area contributed by atoms with Gasteiger partial charge in [0.15, 0.2) is 0 Å². The summed E-state index contributed by atoms with van der Waals surface area (Å²) in [6, 6.07) is 1.84. The molecular weight excluding hydrogens is 474 g/mol. The van der Waals surface area contributed by atoms with Gasteiger partial charge >= 0.3 is 0 Å². The molecule has 0 fully saturated rings. The fraction of sp³-hybridized carbons (Fsp3) is 0.389. The Balaban J connectivity index is 2.23. The highest BCUT2D eigenvalue weighted by atomic mass is 127. The fourth-order valence-corrected chi connectivity index (χ4v) is 3.80. The first-order valence-corrected chi connectivity index (χ1v) is 9.79. The second-order valence-electron chi connectivity index (χ2n) is 5.63. The second-order valence-corrected chi connectivity index (χ2v) is 7.47. The van der Waals surface area contributed by atoms with Gasteiger partial charge in [-0.2, -0.15) is 0 Å². The van der Waals surface area contributed by atoms with Crippen molar-refractivity contribution in [2.45, 2.75) is 39.5 Å². The highest BCUT2D eigenvalue weighted by Gasteiger charge is 2.23. The Bertz CT molecular complexity index is 784. The standard InChI is InChI=1S/C18H19Cl2IN2O2/c1-4-25-17-12(9-13(19)11(3)16(17)21)10(2)15(24)6-5-14-18(20)23-8-7-22-14/h7-10H,4-6H2,1-3H3. The number of Topliss-reactive ketones (excluding diaryl/α,β-unsaturated/α-hetero) is 1. The number of ketones is 1. The van der Waals surface area contributed by atoms with Crippen LogP contribution < -0.4 is 4.74 Å². The number of halogens is 3. The number of hydrogen-bond donors (Lipinski definition) is 0. The number of nitrogens with zero attached hydrogens (tertiary/aromatic N) is 2. The third-order valence-electron chi connectivity index (χ3n) is 4.00.